The number of halogens is 3. The molecule has 0 saturated heterocycles. The summed E-state index contributed by atoms with van der Waals surface area (Å²) in [6, 6.07) is 16.2. The first-order chi connectivity index (χ1) is 10.6. The number of rotatable bonds is 0. The van der Waals surface area contributed by atoms with Crippen molar-refractivity contribution < 1.29 is 13.2 Å². The normalized spacial score (nSPS) is 13.2. The van der Waals surface area contributed by atoms with Crippen molar-refractivity contribution in [2.24, 2.45) is 0 Å². The van der Waals surface area contributed by atoms with E-state index in [4.69, 9.17) is 0 Å². The van der Waals surface area contributed by atoms with Gasteiger partial charge in [-0.05, 0) is 43.9 Å². The average molecular weight is 294 g/mol. The SMILES string of the molecule is FC(F)(F)c1ccc2ccc3ccc4cccc5c4c3c2c1-5. The van der Waals surface area contributed by atoms with Gasteiger partial charge in [0, 0.05) is 5.56 Å². The fraction of sp³-hybridized carbons (Fsp3) is 0.0526. The second-order valence-corrected chi connectivity index (χ2v) is 5.72. The van der Waals surface area contributed by atoms with E-state index in [1.165, 1.54) is 6.07 Å². The maximum absolute atomic E-state index is 13.5. The zero-order chi connectivity index (χ0) is 15.1. The molecule has 5 rings (SSSR count). The zero-order valence-electron chi connectivity index (χ0n) is 11.3. The first-order valence-electron chi connectivity index (χ1n) is 7.04. The third-order valence-electron chi connectivity index (χ3n) is 4.58. The molecule has 0 amide bonds. The van der Waals surface area contributed by atoms with Crippen LogP contribution in [-0.4, -0.2) is 0 Å². The van der Waals surface area contributed by atoms with Gasteiger partial charge in [0.05, 0.1) is 5.56 Å². The predicted octanol–water partition coefficient (Wildman–Crippen LogP) is 6.15. The summed E-state index contributed by atoms with van der Waals surface area (Å²) in [6.07, 6.45) is -4.35. The van der Waals surface area contributed by atoms with E-state index in [2.05, 4.69) is 0 Å². The molecule has 0 aromatic heterocycles. The van der Waals surface area contributed by atoms with Gasteiger partial charge in [-0.2, -0.15) is 13.2 Å². The van der Waals surface area contributed by atoms with Crippen LogP contribution in [0.3, 0.4) is 0 Å². The molecule has 0 N–H and O–H groups in total. The van der Waals surface area contributed by atoms with Crippen molar-refractivity contribution in [1.29, 1.82) is 0 Å². The molecule has 0 fully saturated rings. The van der Waals surface area contributed by atoms with Crippen LogP contribution < -0.4 is 0 Å². The van der Waals surface area contributed by atoms with Crippen LogP contribution in [0.2, 0.25) is 0 Å². The highest BCUT2D eigenvalue weighted by Crippen LogP contribution is 2.51. The van der Waals surface area contributed by atoms with E-state index in [0.29, 0.717) is 11.1 Å². The van der Waals surface area contributed by atoms with Crippen molar-refractivity contribution in [3.8, 4) is 11.1 Å². The van der Waals surface area contributed by atoms with Gasteiger partial charge >= 0.3 is 6.18 Å². The molecule has 1 aliphatic rings. The monoisotopic (exact) mass is 294 g/mol. The molecule has 4 aromatic carbocycles. The molecular formula is C19H9F3. The zero-order valence-corrected chi connectivity index (χ0v) is 11.3. The summed E-state index contributed by atoms with van der Waals surface area (Å²) in [6.45, 7) is 0. The van der Waals surface area contributed by atoms with Crippen LogP contribution in [0.1, 0.15) is 5.56 Å². The Bertz CT molecular complexity index is 1100. The number of alkyl halides is 3. The molecule has 106 valence electrons. The lowest BCUT2D eigenvalue weighted by Crippen LogP contribution is -2.06. The maximum Gasteiger partial charge on any atom is 0.417 e. The van der Waals surface area contributed by atoms with Gasteiger partial charge in [-0.15, -0.1) is 0 Å². The summed E-state index contributed by atoms with van der Waals surface area (Å²) in [7, 11) is 0. The Morgan fingerprint density at radius 3 is 1.86 bits per heavy atom. The minimum atomic E-state index is -4.35. The maximum atomic E-state index is 13.5. The average Bonchev–Trinajstić information content (AvgIpc) is 2.85. The number of hydrogen-bond acceptors (Lipinski definition) is 0. The minimum Gasteiger partial charge on any atom is -0.166 e. The van der Waals surface area contributed by atoms with Gasteiger partial charge < -0.3 is 0 Å². The van der Waals surface area contributed by atoms with Gasteiger partial charge in [0.2, 0.25) is 0 Å². The van der Waals surface area contributed by atoms with Gasteiger partial charge in [-0.25, -0.2) is 0 Å². The Labute approximate surface area is 123 Å². The summed E-state index contributed by atoms with van der Waals surface area (Å²) >= 11 is 0. The van der Waals surface area contributed by atoms with Crippen LogP contribution in [0.25, 0.3) is 43.4 Å². The van der Waals surface area contributed by atoms with E-state index in [9.17, 15) is 13.2 Å². The van der Waals surface area contributed by atoms with Crippen molar-refractivity contribution >= 4 is 32.3 Å². The van der Waals surface area contributed by atoms with Gasteiger partial charge in [0.15, 0.2) is 0 Å². The molecule has 22 heavy (non-hydrogen) atoms. The van der Waals surface area contributed by atoms with Gasteiger partial charge in [0.25, 0.3) is 0 Å². The van der Waals surface area contributed by atoms with Crippen LogP contribution >= 0.6 is 0 Å². The molecule has 4 aromatic rings. The predicted molar refractivity (Wildman–Crippen MR) is 83.0 cm³/mol. The van der Waals surface area contributed by atoms with Crippen LogP contribution in [0.4, 0.5) is 13.2 Å². The van der Waals surface area contributed by atoms with E-state index in [0.717, 1.165) is 32.3 Å². The summed E-state index contributed by atoms with van der Waals surface area (Å²) in [5.74, 6) is 0. The van der Waals surface area contributed by atoms with Crippen LogP contribution in [0, 0.1) is 0 Å². The largest absolute Gasteiger partial charge is 0.417 e. The molecule has 0 saturated carbocycles. The van der Waals surface area contributed by atoms with Crippen molar-refractivity contribution in [1.82, 2.24) is 0 Å². The Kier molecular flexibility index (Phi) is 1.98. The summed E-state index contributed by atoms with van der Waals surface area (Å²) < 4.78 is 40.4. The Balaban J connectivity index is 2.16. The molecule has 0 radical (unpaired) electrons. The third kappa shape index (κ3) is 1.29. The lowest BCUT2D eigenvalue weighted by Gasteiger charge is -2.13. The highest BCUT2D eigenvalue weighted by Gasteiger charge is 2.36. The molecule has 0 nitrogen and oxygen atoms in total. The Hall–Kier alpha value is -2.55. The van der Waals surface area contributed by atoms with E-state index < -0.39 is 11.7 Å². The van der Waals surface area contributed by atoms with Crippen LogP contribution in [-0.2, 0) is 6.18 Å². The molecule has 0 atom stereocenters. The smallest absolute Gasteiger partial charge is 0.166 e. The number of hydrogen-bond donors (Lipinski definition) is 0. The highest BCUT2D eigenvalue weighted by atomic mass is 19.4. The summed E-state index contributed by atoms with van der Waals surface area (Å²) in [5, 5.41) is 5.47. The fourth-order valence-corrected chi connectivity index (χ4v) is 3.73. The lowest BCUT2D eigenvalue weighted by molar-refractivity contribution is -0.137. The second kappa shape index (κ2) is 3.61. The molecule has 0 unspecified atom stereocenters. The first kappa shape index (κ1) is 12.0. The first-order valence-corrected chi connectivity index (χ1v) is 7.04. The van der Waals surface area contributed by atoms with Crippen molar-refractivity contribution in [2.45, 2.75) is 6.18 Å². The topological polar surface area (TPSA) is 0 Å². The quantitative estimate of drug-likeness (QED) is 0.301. The van der Waals surface area contributed by atoms with Gasteiger partial charge in [0.1, 0.15) is 0 Å². The molecule has 1 aliphatic carbocycles. The lowest BCUT2D eigenvalue weighted by atomic mass is 9.96. The van der Waals surface area contributed by atoms with E-state index in [1.807, 2.05) is 36.4 Å². The van der Waals surface area contributed by atoms with Crippen LogP contribution in [0.15, 0.2) is 54.6 Å². The molecule has 0 spiro atoms. The summed E-state index contributed by atoms with van der Waals surface area (Å²) in [5.41, 5.74) is 0.487. The summed E-state index contributed by atoms with van der Waals surface area (Å²) in [4.78, 5) is 0. The minimum absolute atomic E-state index is 0.336. The van der Waals surface area contributed by atoms with E-state index in [-0.39, 0.29) is 0 Å². The van der Waals surface area contributed by atoms with Crippen molar-refractivity contribution in [3.05, 3.63) is 60.2 Å². The molecule has 0 aliphatic heterocycles. The number of fused-ring (bicyclic) bond motifs is 1. The Morgan fingerprint density at radius 2 is 1.18 bits per heavy atom. The van der Waals surface area contributed by atoms with Crippen LogP contribution in [0.5, 0.6) is 0 Å². The second-order valence-electron chi connectivity index (χ2n) is 5.72. The van der Waals surface area contributed by atoms with E-state index >= 15 is 0 Å². The molecule has 0 heterocycles. The standard InChI is InChI=1S/C19H9F3/c20-19(21,22)14-9-8-12-7-6-11-5-4-10-2-1-3-13-15(10)16(11)17(12)18(13)14/h1-9H. The highest BCUT2D eigenvalue weighted by molar-refractivity contribution is 6.33. The molecule has 0 bridgehead atoms. The van der Waals surface area contributed by atoms with Gasteiger partial charge in [-0.3, -0.25) is 0 Å². The fourth-order valence-electron chi connectivity index (χ4n) is 3.73. The molecule has 3 heteroatoms. The van der Waals surface area contributed by atoms with E-state index in [1.54, 1.807) is 12.1 Å². The van der Waals surface area contributed by atoms with Crippen molar-refractivity contribution in [2.75, 3.05) is 0 Å². The van der Waals surface area contributed by atoms with Gasteiger partial charge in [-0.1, -0.05) is 48.5 Å². The molecular weight excluding hydrogens is 285 g/mol. The van der Waals surface area contributed by atoms with Crippen molar-refractivity contribution in [3.63, 3.8) is 0 Å². The number of benzene rings is 4. The third-order valence-corrected chi connectivity index (χ3v) is 4.58. The Morgan fingerprint density at radius 1 is 0.591 bits per heavy atom.